The second kappa shape index (κ2) is 9.85. The molecule has 0 fully saturated rings. The van der Waals surface area contributed by atoms with Crippen LogP contribution in [0.3, 0.4) is 0 Å². The Balaban J connectivity index is 1.48. The molecule has 208 valence electrons. The highest BCUT2D eigenvalue weighted by atomic mass is 35.5. The molecular weight excluding hydrogens is 551 g/mol. The highest BCUT2D eigenvalue weighted by molar-refractivity contribution is 7.17. The Hall–Kier alpha value is -3.05. The van der Waals surface area contributed by atoms with E-state index in [1.54, 1.807) is 30.3 Å². The zero-order valence-corrected chi connectivity index (χ0v) is 23.2. The van der Waals surface area contributed by atoms with Gasteiger partial charge in [0.25, 0.3) is 11.8 Å². The average Bonchev–Trinajstić information content (AvgIpc) is 3.39. The number of nitrogens with zero attached hydrogens (tertiary/aromatic N) is 2. The van der Waals surface area contributed by atoms with Crippen LogP contribution in [-0.4, -0.2) is 27.8 Å². The van der Waals surface area contributed by atoms with Gasteiger partial charge in [-0.15, -0.1) is 11.3 Å². The van der Waals surface area contributed by atoms with Crippen LogP contribution in [0.5, 0.6) is 0 Å². The van der Waals surface area contributed by atoms with E-state index in [1.165, 1.54) is 11.3 Å². The summed E-state index contributed by atoms with van der Waals surface area (Å²) in [5.41, 5.74) is 7.13. The molecule has 0 spiro atoms. The number of anilines is 2. The number of alkyl halides is 3. The lowest BCUT2D eigenvalue weighted by Gasteiger charge is -2.33. The summed E-state index contributed by atoms with van der Waals surface area (Å²) < 4.78 is 43.0. The molecule has 5 rings (SSSR count). The number of nitrogens with two attached hydrogens (primary N) is 1. The third-order valence-corrected chi connectivity index (χ3v) is 9.20. The maximum Gasteiger partial charge on any atom is 0.410 e. The zero-order chi connectivity index (χ0) is 28.3. The van der Waals surface area contributed by atoms with Crippen LogP contribution in [0.4, 0.5) is 24.0 Å². The van der Waals surface area contributed by atoms with E-state index in [0.717, 1.165) is 28.0 Å². The molecule has 0 saturated carbocycles. The zero-order valence-electron chi connectivity index (χ0n) is 21.7. The van der Waals surface area contributed by atoms with E-state index in [0.29, 0.717) is 17.9 Å². The number of hydrogen-bond acceptors (Lipinski definition) is 5. The van der Waals surface area contributed by atoms with Crippen molar-refractivity contribution in [1.29, 1.82) is 0 Å². The van der Waals surface area contributed by atoms with Crippen LogP contribution in [0, 0.1) is 11.3 Å². The number of amides is 2. The summed E-state index contributed by atoms with van der Waals surface area (Å²) in [4.78, 5) is 26.7. The molecule has 0 bridgehead atoms. The van der Waals surface area contributed by atoms with E-state index >= 15 is 0 Å². The molecule has 3 aromatic rings. The Kier molecular flexibility index (Phi) is 6.95. The first-order chi connectivity index (χ1) is 18.3. The number of benzene rings is 1. The second-order valence-corrected chi connectivity index (χ2v) is 12.7. The van der Waals surface area contributed by atoms with Gasteiger partial charge >= 0.3 is 6.18 Å². The standard InChI is InChI=1S/C27H29ClF3N5O2S/c1-26(2,3)14-9-10-15-17(11-14)39-25(19(15)22(32)37)34-24(38)21-20(28)23-33-16(13-7-5-4-6-8-13)12-18(27(29,30)31)36(23)35-21/h4-8,14,16,18,33H,9-12H2,1-3H3,(H2,32,37)(H,34,38)/t14-,16+,18+/m1/s1. The fourth-order valence-corrected chi connectivity index (χ4v) is 7.07. The molecule has 1 aliphatic heterocycles. The highest BCUT2D eigenvalue weighted by Gasteiger charge is 2.48. The number of primary amides is 1. The first-order valence-corrected chi connectivity index (χ1v) is 13.9. The summed E-state index contributed by atoms with van der Waals surface area (Å²) in [5, 5.41) is 9.74. The van der Waals surface area contributed by atoms with Gasteiger partial charge in [-0.3, -0.25) is 9.59 Å². The molecule has 0 radical (unpaired) electrons. The van der Waals surface area contributed by atoms with Crippen molar-refractivity contribution in [3.05, 3.63) is 62.6 Å². The number of hydrogen-bond donors (Lipinski definition) is 3. The van der Waals surface area contributed by atoms with Gasteiger partial charge in [0.15, 0.2) is 11.7 Å². The highest BCUT2D eigenvalue weighted by Crippen LogP contribution is 2.47. The second-order valence-electron chi connectivity index (χ2n) is 11.2. The van der Waals surface area contributed by atoms with Crippen molar-refractivity contribution in [2.45, 2.75) is 64.7 Å². The maximum atomic E-state index is 14.1. The van der Waals surface area contributed by atoms with Crippen LogP contribution in [0.1, 0.15) is 82.5 Å². The van der Waals surface area contributed by atoms with Gasteiger partial charge in [-0.1, -0.05) is 62.7 Å². The van der Waals surface area contributed by atoms with Gasteiger partial charge in [-0.25, -0.2) is 4.68 Å². The average molecular weight is 580 g/mol. The van der Waals surface area contributed by atoms with Crippen LogP contribution >= 0.6 is 22.9 Å². The van der Waals surface area contributed by atoms with Gasteiger partial charge in [0.1, 0.15) is 15.8 Å². The topological polar surface area (TPSA) is 102 Å². The van der Waals surface area contributed by atoms with E-state index in [4.69, 9.17) is 17.3 Å². The predicted molar refractivity (Wildman–Crippen MR) is 146 cm³/mol. The van der Waals surface area contributed by atoms with Gasteiger partial charge in [0.2, 0.25) is 0 Å². The molecule has 2 aliphatic rings. The Labute approximate surface area is 232 Å². The van der Waals surface area contributed by atoms with E-state index in [-0.39, 0.29) is 38.9 Å². The number of fused-ring (bicyclic) bond motifs is 2. The molecule has 3 atom stereocenters. The van der Waals surface area contributed by atoms with Crippen LogP contribution in [0.2, 0.25) is 5.02 Å². The van der Waals surface area contributed by atoms with Crippen molar-refractivity contribution < 1.29 is 22.8 Å². The summed E-state index contributed by atoms with van der Waals surface area (Å²) in [7, 11) is 0. The van der Waals surface area contributed by atoms with Crippen LogP contribution < -0.4 is 16.4 Å². The molecule has 39 heavy (non-hydrogen) atoms. The minimum absolute atomic E-state index is 0.0701. The van der Waals surface area contributed by atoms with Gasteiger partial charge in [-0.05, 0) is 41.7 Å². The van der Waals surface area contributed by atoms with E-state index < -0.39 is 30.1 Å². The lowest BCUT2D eigenvalue weighted by Crippen LogP contribution is -2.35. The first kappa shape index (κ1) is 27.5. The van der Waals surface area contributed by atoms with Crippen molar-refractivity contribution in [3.8, 4) is 0 Å². The molecule has 7 nitrogen and oxygen atoms in total. The summed E-state index contributed by atoms with van der Waals surface area (Å²) in [6.07, 6.45) is -2.66. The van der Waals surface area contributed by atoms with E-state index in [2.05, 4.69) is 36.5 Å². The Morgan fingerprint density at radius 1 is 1.21 bits per heavy atom. The van der Waals surface area contributed by atoms with Gasteiger partial charge < -0.3 is 16.4 Å². The third kappa shape index (κ3) is 5.14. The van der Waals surface area contributed by atoms with Crippen LogP contribution in [0.15, 0.2) is 30.3 Å². The molecular formula is C27H29ClF3N5O2S. The maximum absolute atomic E-state index is 14.1. The SMILES string of the molecule is CC(C)(C)[C@@H]1CCc2c(sc(NC(=O)c3nn4c(c3Cl)N[C@H](c3ccccc3)C[C@H]4C(F)(F)F)c2C(N)=O)C1. The molecule has 1 aromatic carbocycles. The van der Waals surface area contributed by atoms with Crippen LogP contribution in [0.25, 0.3) is 0 Å². The van der Waals surface area contributed by atoms with E-state index in [9.17, 15) is 22.8 Å². The van der Waals surface area contributed by atoms with Gasteiger partial charge in [-0.2, -0.15) is 18.3 Å². The predicted octanol–water partition coefficient (Wildman–Crippen LogP) is 6.76. The summed E-state index contributed by atoms with van der Waals surface area (Å²) in [6, 6.07) is 6.05. The monoisotopic (exact) mass is 579 g/mol. The van der Waals surface area contributed by atoms with Crippen LogP contribution in [-0.2, 0) is 12.8 Å². The lowest BCUT2D eigenvalue weighted by atomic mass is 9.72. The van der Waals surface area contributed by atoms with E-state index in [1.807, 2.05) is 0 Å². The third-order valence-electron chi connectivity index (χ3n) is 7.68. The van der Waals surface area contributed by atoms with Crippen molar-refractivity contribution in [3.63, 3.8) is 0 Å². The normalized spacial score (nSPS) is 21.1. The minimum Gasteiger partial charge on any atom is -0.365 e. The van der Waals surface area contributed by atoms with Gasteiger partial charge in [0, 0.05) is 11.3 Å². The number of thiophene rings is 1. The molecule has 4 N–H and O–H groups in total. The smallest absolute Gasteiger partial charge is 0.365 e. The summed E-state index contributed by atoms with van der Waals surface area (Å²) in [5.74, 6) is -1.17. The molecule has 2 aromatic heterocycles. The molecule has 12 heteroatoms. The molecule has 1 aliphatic carbocycles. The molecule has 0 saturated heterocycles. The van der Waals surface area contributed by atoms with Crippen molar-refractivity contribution >= 4 is 45.6 Å². The number of nitrogens with one attached hydrogen (secondary N) is 2. The fourth-order valence-electron chi connectivity index (χ4n) is 5.47. The fraction of sp³-hybridized carbons (Fsp3) is 0.444. The number of halogens is 4. The molecule has 3 heterocycles. The number of carbonyl (C=O) groups is 2. The number of rotatable bonds is 4. The Morgan fingerprint density at radius 3 is 2.51 bits per heavy atom. The first-order valence-electron chi connectivity index (χ1n) is 12.7. The largest absolute Gasteiger partial charge is 0.410 e. The minimum atomic E-state index is -4.62. The number of carbonyl (C=O) groups excluding carboxylic acids is 2. The molecule has 0 unspecified atom stereocenters. The van der Waals surface area contributed by atoms with Crippen molar-refractivity contribution in [2.24, 2.45) is 17.1 Å². The molecule has 2 amide bonds. The Bertz CT molecular complexity index is 1430. The summed E-state index contributed by atoms with van der Waals surface area (Å²) >= 11 is 7.75. The van der Waals surface area contributed by atoms with Crippen molar-refractivity contribution in [2.75, 3.05) is 10.6 Å². The quantitative estimate of drug-likeness (QED) is 0.318. The Morgan fingerprint density at radius 2 is 1.90 bits per heavy atom. The number of aromatic nitrogens is 2. The lowest BCUT2D eigenvalue weighted by molar-refractivity contribution is -0.173. The summed E-state index contributed by atoms with van der Waals surface area (Å²) in [6.45, 7) is 6.50. The van der Waals surface area contributed by atoms with Gasteiger partial charge in [0.05, 0.1) is 11.6 Å². The van der Waals surface area contributed by atoms with Crippen molar-refractivity contribution in [1.82, 2.24) is 9.78 Å².